The van der Waals surface area contributed by atoms with Gasteiger partial charge in [0.1, 0.15) is 47.0 Å². The van der Waals surface area contributed by atoms with Crippen LogP contribution in [0.2, 0.25) is 0 Å². The highest BCUT2D eigenvalue weighted by Crippen LogP contribution is 2.60. The molecule has 2 spiro atoms. The van der Waals surface area contributed by atoms with Crippen LogP contribution in [0, 0.1) is 34.5 Å². The summed E-state index contributed by atoms with van der Waals surface area (Å²) in [6.07, 6.45) is 4.43. The first-order valence-electron chi connectivity index (χ1n) is 19.1. The number of rotatable bonds is 4. The molecule has 3 aliphatic heterocycles. The van der Waals surface area contributed by atoms with Gasteiger partial charge in [0.05, 0.1) is 37.0 Å². The van der Waals surface area contributed by atoms with E-state index in [2.05, 4.69) is 10.6 Å². The Labute approximate surface area is 308 Å². The van der Waals surface area contributed by atoms with E-state index in [1.807, 2.05) is 13.0 Å². The van der Waals surface area contributed by atoms with Crippen molar-refractivity contribution in [3.05, 3.63) is 23.5 Å². The molecular formula is C37H57N2O10S2+. The predicted molar refractivity (Wildman–Crippen MR) is 191 cm³/mol. The van der Waals surface area contributed by atoms with Crippen LogP contribution >= 0.6 is 21.6 Å². The van der Waals surface area contributed by atoms with Gasteiger partial charge in [-0.1, -0.05) is 52.5 Å². The van der Waals surface area contributed by atoms with Crippen molar-refractivity contribution in [1.82, 2.24) is 5.32 Å². The number of fused-ring (bicyclic) bond motifs is 5. The maximum atomic E-state index is 15.3. The summed E-state index contributed by atoms with van der Waals surface area (Å²) in [6.45, 7) is 1.98. The van der Waals surface area contributed by atoms with Gasteiger partial charge in [-0.25, -0.2) is 0 Å². The van der Waals surface area contributed by atoms with Gasteiger partial charge in [-0.2, -0.15) is 0 Å². The summed E-state index contributed by atoms with van der Waals surface area (Å²) in [4.78, 5) is 30.0. The van der Waals surface area contributed by atoms with E-state index in [0.717, 1.165) is 45.1 Å². The van der Waals surface area contributed by atoms with Gasteiger partial charge in [0.15, 0.2) is 12.1 Å². The van der Waals surface area contributed by atoms with Crippen LogP contribution < -0.4 is 10.6 Å². The van der Waals surface area contributed by atoms with Crippen molar-refractivity contribution in [2.75, 3.05) is 25.6 Å². The lowest BCUT2D eigenvalue weighted by molar-refractivity contribution is -0.705. The van der Waals surface area contributed by atoms with Crippen molar-refractivity contribution in [3.8, 4) is 0 Å². The number of aliphatic hydroxyl groups is 6. The maximum absolute atomic E-state index is 15.3. The Balaban J connectivity index is 1.32. The topological polar surface area (TPSA) is 203 Å². The number of ether oxygens (including phenoxy) is 2. The second-order valence-corrected chi connectivity index (χ2v) is 19.0. The molecule has 0 aromatic carbocycles. The average molecular weight is 754 g/mol. The first kappa shape index (κ1) is 38.2. The lowest BCUT2D eigenvalue weighted by atomic mass is 9.51. The first-order chi connectivity index (χ1) is 24.5. The number of allylic oxidation sites excluding steroid dienone is 4. The summed E-state index contributed by atoms with van der Waals surface area (Å²) in [5.74, 6) is -2.30. The fourth-order valence-corrected chi connectivity index (χ4v) is 14.2. The summed E-state index contributed by atoms with van der Waals surface area (Å²) < 4.78 is 12.6. The van der Waals surface area contributed by atoms with Crippen LogP contribution in [-0.4, -0.2) is 116 Å². The van der Waals surface area contributed by atoms with E-state index in [4.69, 9.17) is 9.47 Å². The van der Waals surface area contributed by atoms with Crippen molar-refractivity contribution >= 4 is 33.2 Å². The van der Waals surface area contributed by atoms with Crippen LogP contribution in [0.4, 0.5) is 0 Å². The molecule has 4 aliphatic carbocycles. The Kier molecular flexibility index (Phi) is 11.4. The first-order valence-corrected chi connectivity index (χ1v) is 21.5. The molecule has 0 radical (unpaired) electrons. The fourth-order valence-electron chi connectivity index (χ4n) is 11.2. The molecule has 51 heavy (non-hydrogen) atoms. The molecule has 9 N–H and O–H groups in total. The highest BCUT2D eigenvalue weighted by molar-refractivity contribution is 8.76. The molecule has 14 heteroatoms. The number of carbonyl (C=O) groups excluding carboxylic acids is 2. The molecule has 0 aromatic heterocycles. The predicted octanol–water partition coefficient (Wildman–Crippen LogP) is 1.45. The van der Waals surface area contributed by atoms with E-state index in [1.165, 1.54) is 10.8 Å². The Morgan fingerprint density at radius 1 is 1.06 bits per heavy atom. The second-order valence-electron chi connectivity index (χ2n) is 16.4. The van der Waals surface area contributed by atoms with Gasteiger partial charge in [0.25, 0.3) is 0 Å². The van der Waals surface area contributed by atoms with E-state index in [-0.39, 0.29) is 47.9 Å². The molecule has 3 saturated carbocycles. The number of aliphatic hydroxyl groups excluding tert-OH is 5. The van der Waals surface area contributed by atoms with Gasteiger partial charge < -0.3 is 45.4 Å². The summed E-state index contributed by atoms with van der Waals surface area (Å²) in [5, 5.41) is 73.8. The number of carbonyl (C=O) groups is 2. The minimum Gasteiger partial charge on any atom is -0.511 e. The molecular weight excluding hydrogens is 697 g/mol. The second kappa shape index (κ2) is 15.2. The molecule has 0 amide bonds. The molecule has 13 atom stereocenters. The Hall–Kier alpha value is -1.04. The van der Waals surface area contributed by atoms with Crippen molar-refractivity contribution in [2.45, 2.75) is 132 Å². The van der Waals surface area contributed by atoms with Gasteiger partial charge in [0, 0.05) is 30.6 Å². The van der Waals surface area contributed by atoms with Crippen LogP contribution in [0.1, 0.15) is 84.0 Å². The summed E-state index contributed by atoms with van der Waals surface area (Å²) in [5.41, 5.74) is -3.27. The van der Waals surface area contributed by atoms with E-state index < -0.39 is 71.3 Å². The number of hydrogen-bond donors (Lipinski definition) is 8. The van der Waals surface area contributed by atoms with Crippen molar-refractivity contribution < 1.29 is 55.0 Å². The van der Waals surface area contributed by atoms with Gasteiger partial charge in [-0.05, 0) is 69.3 Å². The van der Waals surface area contributed by atoms with Gasteiger partial charge >= 0.3 is 0 Å². The SMILES string of the molecule is CC1=C[C@H]2C(=O)C3CCCC4O[C@@H]5O[C@H](CO)[C@@H](O)[C@](O)(CC6(CCCC6)C6CC[NH2+]C(C6)NCSS[C@@H](CCCO)[C@@]2(C(=O)C43)C(O)=C1)[C@H]5O. The fraction of sp³-hybridized carbons (Fsp3) is 0.838. The van der Waals surface area contributed by atoms with Crippen molar-refractivity contribution in [1.29, 1.82) is 0 Å². The third kappa shape index (κ3) is 6.49. The number of piperidine rings is 1. The summed E-state index contributed by atoms with van der Waals surface area (Å²) >= 11 is 0. The summed E-state index contributed by atoms with van der Waals surface area (Å²) in [7, 11) is 3.05. The van der Waals surface area contributed by atoms with Crippen LogP contribution in [0.5, 0.6) is 0 Å². The smallest absolute Gasteiger partial charge is 0.187 e. The van der Waals surface area contributed by atoms with E-state index >= 15 is 4.79 Å². The van der Waals surface area contributed by atoms with Crippen LogP contribution in [0.15, 0.2) is 23.5 Å². The molecule has 6 bridgehead atoms. The van der Waals surface area contributed by atoms with E-state index in [9.17, 15) is 35.4 Å². The zero-order valence-corrected chi connectivity index (χ0v) is 31.2. The third-order valence-electron chi connectivity index (χ3n) is 13.7. The number of ketones is 2. The molecule has 12 nitrogen and oxygen atoms in total. The van der Waals surface area contributed by atoms with Crippen molar-refractivity contribution in [2.24, 2.45) is 34.5 Å². The Bertz CT molecular complexity index is 1380. The molecule has 6 fully saturated rings. The average Bonchev–Trinajstić information content (AvgIpc) is 3.60. The normalized spacial score (nSPS) is 46.0. The van der Waals surface area contributed by atoms with E-state index in [0.29, 0.717) is 43.6 Å². The molecule has 7 rings (SSSR count). The standard InChI is InChI=1S/C37H56N2O10S2/c1-20-14-23-30(43)22-6-4-7-24-29(22)32(45)37(23,26(42)15-20)27(8-5-13-40)51-50-19-39-28-16-21(9-12-38-28)35(10-2-3-11-35)18-36(47)31(44)25(17-41)49-34(48-24)33(36)46/h14-15,21-25,27-29,31,33-34,38-42,44,46-47H,2-13,16-19H2,1H3/p+1/t21?,22?,23-,24?,25+,27-,28?,29?,31+,33-,34+,36+,37-/m0/s1. The minimum absolute atomic E-state index is 0.0886. The lowest BCUT2D eigenvalue weighted by Gasteiger charge is -2.55. The molecule has 3 saturated heterocycles. The Morgan fingerprint density at radius 2 is 1.84 bits per heavy atom. The monoisotopic (exact) mass is 753 g/mol. The molecule has 7 aliphatic rings. The Morgan fingerprint density at radius 3 is 2.59 bits per heavy atom. The van der Waals surface area contributed by atoms with Crippen molar-refractivity contribution in [3.63, 3.8) is 0 Å². The molecule has 286 valence electrons. The zero-order valence-electron chi connectivity index (χ0n) is 29.5. The van der Waals surface area contributed by atoms with Crippen LogP contribution in [-0.2, 0) is 19.1 Å². The number of nitrogens with one attached hydrogen (secondary N) is 1. The minimum atomic E-state index is -2.06. The van der Waals surface area contributed by atoms with Gasteiger partial charge in [-0.15, -0.1) is 0 Å². The van der Waals surface area contributed by atoms with Gasteiger partial charge in [0.2, 0.25) is 0 Å². The zero-order chi connectivity index (χ0) is 36.1. The molecule has 3 heterocycles. The van der Waals surface area contributed by atoms with Crippen LogP contribution in [0.3, 0.4) is 0 Å². The van der Waals surface area contributed by atoms with Crippen LogP contribution in [0.25, 0.3) is 0 Å². The highest BCUT2D eigenvalue weighted by atomic mass is 33.1. The maximum Gasteiger partial charge on any atom is 0.187 e. The highest BCUT2D eigenvalue weighted by Gasteiger charge is 2.67. The molecule has 5 unspecified atom stereocenters. The number of Topliss-reactive ketones (excluding diaryl/α,β-unsaturated/α-hetero) is 2. The lowest BCUT2D eigenvalue weighted by Crippen LogP contribution is -2.95. The largest absolute Gasteiger partial charge is 0.511 e. The van der Waals surface area contributed by atoms with Gasteiger partial charge in [-0.3, -0.25) is 14.9 Å². The molecule has 0 aromatic rings. The summed E-state index contributed by atoms with van der Waals surface area (Å²) in [6, 6.07) is 0. The number of nitrogens with two attached hydrogens (primary N) is 1. The number of quaternary nitrogens is 1. The van der Waals surface area contributed by atoms with E-state index in [1.54, 1.807) is 16.9 Å². The quantitative estimate of drug-likeness (QED) is 0.192. The number of hydrogen-bond acceptors (Lipinski definition) is 13. The third-order valence-corrected chi connectivity index (χ3v) is 16.4.